The molecule has 19 heteroatoms. The van der Waals surface area contributed by atoms with E-state index in [-0.39, 0.29) is 25.7 Å². The molecule has 17 nitrogen and oxygen atoms in total. The standard InChI is InChI=1S/C82H160O17P2/c1-8-11-12-13-14-15-16-17-18-19-20-21-22-23-24-27-31-34-44-51-58-65-81(86)98-77(69-92-79(84)63-56-49-42-33-30-28-25-26-29-32-39-46-53-60-73(4)5)71-96-100(88,89)94-67-76(83)68-95-101(90,91)97-72-78(99-82(87)66-59-52-45-38-36-41-48-55-62-75(7)10-3)70-93-80(85)64-57-50-43-37-35-40-47-54-61-74(6)9-2/h73-78,83H,8-72H2,1-7H3,(H,88,89)(H,90,91)/t74?,75?,76-,77-,78-/m1/s1. The second-order valence-electron chi connectivity index (χ2n) is 30.5. The van der Waals surface area contributed by atoms with Crippen LogP contribution in [0.4, 0.5) is 0 Å². The average Bonchev–Trinajstić information content (AvgIpc) is 0.929. The Labute approximate surface area is 619 Å². The van der Waals surface area contributed by atoms with Crippen LogP contribution < -0.4 is 0 Å². The minimum Gasteiger partial charge on any atom is -0.462 e. The van der Waals surface area contributed by atoms with E-state index in [0.29, 0.717) is 25.7 Å². The van der Waals surface area contributed by atoms with Crippen molar-refractivity contribution >= 4 is 39.5 Å². The Morgan fingerprint density at radius 3 is 0.752 bits per heavy atom. The van der Waals surface area contributed by atoms with Crippen LogP contribution in [0.15, 0.2) is 0 Å². The lowest BCUT2D eigenvalue weighted by Crippen LogP contribution is -2.30. The van der Waals surface area contributed by atoms with E-state index in [1.807, 2.05) is 0 Å². The number of hydrogen-bond donors (Lipinski definition) is 3. The van der Waals surface area contributed by atoms with Gasteiger partial charge >= 0.3 is 39.5 Å². The van der Waals surface area contributed by atoms with Crippen LogP contribution in [0.1, 0.15) is 427 Å². The van der Waals surface area contributed by atoms with Crippen LogP contribution in [0.5, 0.6) is 0 Å². The van der Waals surface area contributed by atoms with Gasteiger partial charge in [0.25, 0.3) is 0 Å². The normalized spacial score (nSPS) is 14.5. The van der Waals surface area contributed by atoms with Gasteiger partial charge in [0, 0.05) is 25.7 Å². The topological polar surface area (TPSA) is 237 Å². The first-order chi connectivity index (χ1) is 48.8. The first kappa shape index (κ1) is 99.1. The summed E-state index contributed by atoms with van der Waals surface area (Å²) in [6.45, 7) is 12.0. The smallest absolute Gasteiger partial charge is 0.462 e. The molecule has 0 rings (SSSR count). The molecule has 0 fully saturated rings. The molecule has 0 heterocycles. The fourth-order valence-corrected chi connectivity index (χ4v) is 14.2. The summed E-state index contributed by atoms with van der Waals surface area (Å²) in [6.07, 6.45) is 61.0. The number of carbonyl (C=O) groups excluding carboxylic acids is 4. The number of ether oxygens (including phenoxy) is 4. The number of unbranched alkanes of at least 4 members (excludes halogenated alkanes) is 46. The molecule has 0 aliphatic carbocycles. The fraction of sp³-hybridized carbons (Fsp3) is 0.951. The first-order valence-electron chi connectivity index (χ1n) is 42.4. The Morgan fingerprint density at radius 2 is 0.505 bits per heavy atom. The van der Waals surface area contributed by atoms with E-state index >= 15 is 0 Å². The van der Waals surface area contributed by atoms with E-state index in [1.165, 1.54) is 238 Å². The molecule has 3 N–H and O–H groups in total. The molecule has 0 aromatic carbocycles. The summed E-state index contributed by atoms with van der Waals surface area (Å²) in [5.74, 6) is 0.226. The van der Waals surface area contributed by atoms with Crippen molar-refractivity contribution in [1.82, 2.24) is 0 Å². The molecule has 600 valence electrons. The lowest BCUT2D eigenvalue weighted by atomic mass is 9.99. The van der Waals surface area contributed by atoms with Gasteiger partial charge < -0.3 is 33.8 Å². The van der Waals surface area contributed by atoms with Crippen molar-refractivity contribution in [3.8, 4) is 0 Å². The first-order valence-corrected chi connectivity index (χ1v) is 45.4. The molecule has 0 aliphatic rings. The molecule has 0 spiro atoms. The zero-order chi connectivity index (χ0) is 74.4. The van der Waals surface area contributed by atoms with Crippen LogP contribution in [0, 0.1) is 17.8 Å². The predicted molar refractivity (Wildman–Crippen MR) is 414 cm³/mol. The highest BCUT2D eigenvalue weighted by molar-refractivity contribution is 7.47. The fourth-order valence-electron chi connectivity index (χ4n) is 12.6. The van der Waals surface area contributed by atoms with Crippen LogP contribution >= 0.6 is 15.6 Å². The van der Waals surface area contributed by atoms with Crippen molar-refractivity contribution in [3.63, 3.8) is 0 Å². The number of carbonyl (C=O) groups is 4. The van der Waals surface area contributed by atoms with Gasteiger partial charge in [-0.3, -0.25) is 37.3 Å². The number of aliphatic hydroxyl groups is 1. The lowest BCUT2D eigenvalue weighted by molar-refractivity contribution is -0.161. The minimum atomic E-state index is -4.96. The summed E-state index contributed by atoms with van der Waals surface area (Å²) in [6, 6.07) is 0. The van der Waals surface area contributed by atoms with Crippen LogP contribution in [0.3, 0.4) is 0 Å². The number of phosphoric ester groups is 2. The molecule has 0 aliphatic heterocycles. The summed E-state index contributed by atoms with van der Waals surface area (Å²) in [7, 11) is -9.92. The molecule has 0 radical (unpaired) electrons. The molecular weight excluding hydrogens is 1320 g/mol. The number of esters is 4. The van der Waals surface area contributed by atoms with E-state index in [2.05, 4.69) is 48.5 Å². The third-order valence-corrected chi connectivity index (χ3v) is 21.8. The highest BCUT2D eigenvalue weighted by Gasteiger charge is 2.30. The van der Waals surface area contributed by atoms with Crippen molar-refractivity contribution in [2.24, 2.45) is 17.8 Å². The van der Waals surface area contributed by atoms with Crippen molar-refractivity contribution in [3.05, 3.63) is 0 Å². The Morgan fingerprint density at radius 1 is 0.287 bits per heavy atom. The molecule has 0 aromatic heterocycles. The second-order valence-corrected chi connectivity index (χ2v) is 33.4. The number of aliphatic hydroxyl groups excluding tert-OH is 1. The van der Waals surface area contributed by atoms with Gasteiger partial charge in [0.1, 0.15) is 19.3 Å². The lowest BCUT2D eigenvalue weighted by Gasteiger charge is -2.21. The number of rotatable bonds is 80. The summed E-state index contributed by atoms with van der Waals surface area (Å²) in [4.78, 5) is 73.1. The average molecular weight is 1480 g/mol. The van der Waals surface area contributed by atoms with Crippen molar-refractivity contribution in [2.75, 3.05) is 39.6 Å². The maximum Gasteiger partial charge on any atom is 0.472 e. The Bertz CT molecular complexity index is 1960. The monoisotopic (exact) mass is 1480 g/mol. The minimum absolute atomic E-state index is 0.105. The van der Waals surface area contributed by atoms with Crippen LogP contribution in [-0.2, 0) is 65.4 Å². The largest absolute Gasteiger partial charge is 0.472 e. The molecule has 0 saturated carbocycles. The molecule has 7 atom stereocenters. The summed E-state index contributed by atoms with van der Waals surface area (Å²) in [5.41, 5.74) is 0. The second kappa shape index (κ2) is 72.3. The van der Waals surface area contributed by atoms with Crippen molar-refractivity contribution in [2.45, 2.75) is 446 Å². The maximum atomic E-state index is 13.1. The summed E-state index contributed by atoms with van der Waals surface area (Å²) < 4.78 is 68.8. The van der Waals surface area contributed by atoms with Gasteiger partial charge in [0.05, 0.1) is 26.4 Å². The summed E-state index contributed by atoms with van der Waals surface area (Å²) >= 11 is 0. The molecule has 4 unspecified atom stereocenters. The third-order valence-electron chi connectivity index (χ3n) is 19.9. The Hall–Kier alpha value is -1.94. The van der Waals surface area contributed by atoms with Crippen molar-refractivity contribution < 1.29 is 80.2 Å². The highest BCUT2D eigenvalue weighted by Crippen LogP contribution is 2.45. The van der Waals surface area contributed by atoms with Gasteiger partial charge in [-0.2, -0.15) is 0 Å². The quantitative estimate of drug-likeness (QED) is 0.0222. The van der Waals surface area contributed by atoms with Crippen LogP contribution in [0.25, 0.3) is 0 Å². The Balaban J connectivity index is 5.24. The van der Waals surface area contributed by atoms with Gasteiger partial charge in [0.2, 0.25) is 0 Å². The van der Waals surface area contributed by atoms with E-state index in [1.54, 1.807) is 0 Å². The zero-order valence-electron chi connectivity index (χ0n) is 66.4. The van der Waals surface area contributed by atoms with Gasteiger partial charge in [-0.05, 0) is 43.4 Å². The zero-order valence-corrected chi connectivity index (χ0v) is 68.2. The van der Waals surface area contributed by atoms with E-state index in [9.17, 15) is 43.2 Å². The highest BCUT2D eigenvalue weighted by atomic mass is 31.2. The van der Waals surface area contributed by atoms with Gasteiger partial charge in [-0.1, -0.05) is 376 Å². The predicted octanol–water partition coefficient (Wildman–Crippen LogP) is 24.5. The maximum absolute atomic E-state index is 13.1. The Kier molecular flexibility index (Phi) is 70.9. The molecule has 0 saturated heterocycles. The van der Waals surface area contributed by atoms with E-state index in [0.717, 1.165) is 108 Å². The third kappa shape index (κ3) is 73.4. The van der Waals surface area contributed by atoms with Crippen LogP contribution in [-0.4, -0.2) is 96.7 Å². The number of phosphoric acid groups is 2. The SMILES string of the molecule is CCCCCCCCCCCCCCCCCCCCCCCC(=O)O[C@H](COC(=O)CCCCCCCCCCCCCCCC(C)C)COP(=O)(O)OC[C@@H](O)COP(=O)(O)OC[C@@H](COC(=O)CCCCCCCCCCC(C)CC)OC(=O)CCCCCCCCCCC(C)CC. The van der Waals surface area contributed by atoms with Gasteiger partial charge in [0.15, 0.2) is 12.2 Å². The van der Waals surface area contributed by atoms with Gasteiger partial charge in [-0.25, -0.2) is 9.13 Å². The summed E-state index contributed by atoms with van der Waals surface area (Å²) in [5, 5.41) is 10.6. The molecule has 0 bridgehead atoms. The van der Waals surface area contributed by atoms with E-state index in [4.69, 9.17) is 37.0 Å². The number of hydrogen-bond acceptors (Lipinski definition) is 15. The van der Waals surface area contributed by atoms with Gasteiger partial charge in [-0.15, -0.1) is 0 Å². The molecule has 0 amide bonds. The molecule has 0 aromatic rings. The van der Waals surface area contributed by atoms with Crippen molar-refractivity contribution in [1.29, 1.82) is 0 Å². The molecular formula is C82H160O17P2. The van der Waals surface area contributed by atoms with Crippen LogP contribution in [0.2, 0.25) is 0 Å². The van der Waals surface area contributed by atoms with E-state index < -0.39 is 97.5 Å². The molecule has 101 heavy (non-hydrogen) atoms.